The van der Waals surface area contributed by atoms with Crippen molar-refractivity contribution in [2.75, 3.05) is 44.2 Å². The minimum Gasteiger partial charge on any atom is -0.371 e. The summed E-state index contributed by atoms with van der Waals surface area (Å²) in [5, 5.41) is 0. The summed E-state index contributed by atoms with van der Waals surface area (Å²) in [6, 6.07) is 9.13. The summed E-state index contributed by atoms with van der Waals surface area (Å²) >= 11 is 0. The lowest BCUT2D eigenvalue weighted by atomic mass is 10.1. The Hall–Kier alpha value is -2.34. The number of benzene rings is 1. The monoisotopic (exact) mass is 381 g/mol. The summed E-state index contributed by atoms with van der Waals surface area (Å²) in [5.41, 5.74) is 2.31. The molecule has 0 aliphatic carbocycles. The van der Waals surface area contributed by atoms with Crippen LogP contribution in [0, 0.1) is 12.8 Å². The molecule has 1 amide bonds. The van der Waals surface area contributed by atoms with Gasteiger partial charge in [-0.1, -0.05) is 0 Å². The fourth-order valence-corrected chi connectivity index (χ4v) is 4.39. The molecule has 0 bridgehead atoms. The van der Waals surface area contributed by atoms with E-state index in [0.29, 0.717) is 11.9 Å². The molecule has 6 heteroatoms. The molecule has 28 heavy (non-hydrogen) atoms. The molecule has 2 aliphatic heterocycles. The molecule has 0 saturated carbocycles. The van der Waals surface area contributed by atoms with Crippen LogP contribution in [0.25, 0.3) is 5.69 Å². The van der Waals surface area contributed by atoms with Crippen LogP contribution >= 0.6 is 0 Å². The van der Waals surface area contributed by atoms with E-state index in [9.17, 15) is 4.79 Å². The van der Waals surface area contributed by atoms with E-state index in [1.54, 1.807) is 0 Å². The van der Waals surface area contributed by atoms with E-state index in [-0.39, 0.29) is 5.92 Å². The van der Waals surface area contributed by atoms with Crippen LogP contribution in [-0.4, -0.2) is 70.6 Å². The van der Waals surface area contributed by atoms with Crippen molar-refractivity contribution in [3.8, 4) is 5.69 Å². The average molecular weight is 382 g/mol. The quantitative estimate of drug-likeness (QED) is 0.817. The lowest BCUT2D eigenvalue weighted by molar-refractivity contribution is -0.136. The van der Waals surface area contributed by atoms with Gasteiger partial charge in [0.15, 0.2) is 0 Å². The van der Waals surface area contributed by atoms with Crippen LogP contribution in [0.1, 0.15) is 26.1 Å². The second kappa shape index (κ2) is 7.95. The van der Waals surface area contributed by atoms with Gasteiger partial charge >= 0.3 is 0 Å². The van der Waals surface area contributed by atoms with Crippen molar-refractivity contribution in [1.82, 2.24) is 19.4 Å². The summed E-state index contributed by atoms with van der Waals surface area (Å²) in [5.74, 6) is 1.45. The molecule has 0 N–H and O–H groups in total. The molecule has 1 atom stereocenters. The first-order valence-corrected chi connectivity index (χ1v) is 10.4. The van der Waals surface area contributed by atoms with E-state index in [1.807, 2.05) is 19.3 Å². The van der Waals surface area contributed by atoms with E-state index in [2.05, 4.69) is 62.4 Å². The Balaban J connectivity index is 1.35. The molecule has 6 nitrogen and oxygen atoms in total. The van der Waals surface area contributed by atoms with Gasteiger partial charge in [0.25, 0.3) is 0 Å². The Morgan fingerprint density at radius 3 is 2.32 bits per heavy atom. The third kappa shape index (κ3) is 3.78. The first-order chi connectivity index (χ1) is 13.5. The van der Waals surface area contributed by atoms with E-state index < -0.39 is 0 Å². The van der Waals surface area contributed by atoms with Gasteiger partial charge in [0.05, 0.1) is 5.92 Å². The van der Waals surface area contributed by atoms with Crippen molar-refractivity contribution in [2.24, 2.45) is 5.92 Å². The van der Waals surface area contributed by atoms with Gasteiger partial charge in [-0.3, -0.25) is 9.69 Å². The Morgan fingerprint density at radius 2 is 1.71 bits per heavy atom. The largest absolute Gasteiger partial charge is 0.371 e. The molecular formula is C22H31N5O. The molecule has 4 rings (SSSR count). The first kappa shape index (κ1) is 19.0. The lowest BCUT2D eigenvalue weighted by Gasteiger charge is -2.37. The number of carbonyl (C=O) groups is 1. The maximum absolute atomic E-state index is 13.0. The molecule has 2 aliphatic rings. The second-order valence-corrected chi connectivity index (χ2v) is 8.25. The number of imidazole rings is 1. The summed E-state index contributed by atoms with van der Waals surface area (Å²) in [6.45, 7) is 12.0. The van der Waals surface area contributed by atoms with Crippen LogP contribution in [0.15, 0.2) is 36.7 Å². The number of aryl methyl sites for hydroxylation is 1. The molecule has 0 radical (unpaired) electrons. The molecule has 1 aromatic carbocycles. The highest BCUT2D eigenvalue weighted by molar-refractivity contribution is 5.80. The number of nitrogens with zero attached hydrogens (tertiary/aromatic N) is 5. The van der Waals surface area contributed by atoms with E-state index in [0.717, 1.165) is 57.2 Å². The molecule has 0 spiro atoms. The number of hydrogen-bond acceptors (Lipinski definition) is 4. The zero-order valence-electron chi connectivity index (χ0n) is 17.2. The maximum atomic E-state index is 13.0. The molecule has 2 aromatic rings. The average Bonchev–Trinajstić information content (AvgIpc) is 3.37. The van der Waals surface area contributed by atoms with Crippen LogP contribution in [0.4, 0.5) is 5.69 Å². The molecule has 2 fully saturated rings. The predicted molar refractivity (Wildman–Crippen MR) is 112 cm³/mol. The molecule has 150 valence electrons. The van der Waals surface area contributed by atoms with Gasteiger partial charge in [0.2, 0.25) is 5.91 Å². The first-order valence-electron chi connectivity index (χ1n) is 10.4. The third-order valence-electron chi connectivity index (χ3n) is 6.21. The Bertz CT molecular complexity index is 805. The summed E-state index contributed by atoms with van der Waals surface area (Å²) in [7, 11) is 0. The van der Waals surface area contributed by atoms with Crippen molar-refractivity contribution in [3.05, 3.63) is 42.5 Å². The lowest BCUT2D eigenvalue weighted by Crippen LogP contribution is -2.52. The van der Waals surface area contributed by atoms with Crippen molar-refractivity contribution in [3.63, 3.8) is 0 Å². The van der Waals surface area contributed by atoms with Gasteiger partial charge in [-0.25, -0.2) is 4.98 Å². The zero-order valence-corrected chi connectivity index (χ0v) is 17.2. The van der Waals surface area contributed by atoms with Crippen molar-refractivity contribution in [1.29, 1.82) is 0 Å². The summed E-state index contributed by atoms with van der Waals surface area (Å²) in [6.07, 6.45) is 4.75. The van der Waals surface area contributed by atoms with Crippen LogP contribution < -0.4 is 4.90 Å². The molecule has 1 aromatic heterocycles. The second-order valence-electron chi connectivity index (χ2n) is 8.25. The Morgan fingerprint density at radius 1 is 1.04 bits per heavy atom. The number of hydrogen-bond donors (Lipinski definition) is 0. The van der Waals surface area contributed by atoms with Crippen molar-refractivity contribution < 1.29 is 4.79 Å². The fraction of sp³-hybridized carbons (Fsp3) is 0.545. The van der Waals surface area contributed by atoms with Crippen LogP contribution in [0.3, 0.4) is 0 Å². The number of piperazine rings is 1. The van der Waals surface area contributed by atoms with Crippen LogP contribution in [0.5, 0.6) is 0 Å². The van der Waals surface area contributed by atoms with Gasteiger partial charge < -0.3 is 14.4 Å². The van der Waals surface area contributed by atoms with E-state index in [1.165, 1.54) is 5.69 Å². The SMILES string of the molecule is Cc1nccn1-c1ccc(N2CC[C@H](C(=O)N3CCN(C(C)C)CC3)C2)cc1. The van der Waals surface area contributed by atoms with Crippen molar-refractivity contribution >= 4 is 11.6 Å². The number of rotatable bonds is 4. The van der Waals surface area contributed by atoms with Gasteiger partial charge in [-0.2, -0.15) is 0 Å². The molecule has 3 heterocycles. The summed E-state index contributed by atoms with van der Waals surface area (Å²) in [4.78, 5) is 24.1. The highest BCUT2D eigenvalue weighted by Gasteiger charge is 2.33. The standard InChI is InChI=1S/C22H31N5O/c1-17(2)24-12-14-25(15-13-24)22(28)19-8-10-26(16-19)20-4-6-21(7-5-20)27-11-9-23-18(27)3/h4-7,9,11,17,19H,8,10,12-16H2,1-3H3/t19-/m0/s1. The van der Waals surface area contributed by atoms with E-state index >= 15 is 0 Å². The minimum atomic E-state index is 0.126. The number of aromatic nitrogens is 2. The number of carbonyl (C=O) groups excluding carboxylic acids is 1. The minimum absolute atomic E-state index is 0.126. The number of amides is 1. The van der Waals surface area contributed by atoms with Crippen molar-refractivity contribution in [2.45, 2.75) is 33.2 Å². The third-order valence-corrected chi connectivity index (χ3v) is 6.21. The van der Waals surface area contributed by atoms with Gasteiger partial charge in [-0.05, 0) is 51.5 Å². The normalized spacial score (nSPS) is 20.9. The van der Waals surface area contributed by atoms with E-state index in [4.69, 9.17) is 0 Å². The number of anilines is 1. The maximum Gasteiger partial charge on any atom is 0.227 e. The van der Waals surface area contributed by atoms with Crippen LogP contribution in [-0.2, 0) is 4.79 Å². The smallest absolute Gasteiger partial charge is 0.227 e. The summed E-state index contributed by atoms with van der Waals surface area (Å²) < 4.78 is 2.08. The van der Waals surface area contributed by atoms with Gasteiger partial charge in [-0.15, -0.1) is 0 Å². The van der Waals surface area contributed by atoms with Crippen LogP contribution in [0.2, 0.25) is 0 Å². The molecular weight excluding hydrogens is 350 g/mol. The predicted octanol–water partition coefficient (Wildman–Crippen LogP) is 2.56. The topological polar surface area (TPSA) is 44.6 Å². The van der Waals surface area contributed by atoms with Gasteiger partial charge in [0.1, 0.15) is 5.82 Å². The van der Waals surface area contributed by atoms with Gasteiger partial charge in [0, 0.05) is 69.1 Å². The fourth-order valence-electron chi connectivity index (χ4n) is 4.39. The molecule has 0 unspecified atom stereocenters. The zero-order chi connectivity index (χ0) is 19.7. The highest BCUT2D eigenvalue weighted by atomic mass is 16.2. The Labute approximate surface area is 167 Å². The Kier molecular flexibility index (Phi) is 5.40. The molecule has 2 saturated heterocycles. The highest BCUT2D eigenvalue weighted by Crippen LogP contribution is 2.26.